The second-order valence-electron chi connectivity index (χ2n) is 0. The summed E-state index contributed by atoms with van der Waals surface area (Å²) in [4.78, 5) is 0. The van der Waals surface area contributed by atoms with Gasteiger partial charge in [0.2, 0.25) is 0 Å². The van der Waals surface area contributed by atoms with Gasteiger partial charge in [-0.25, -0.2) is 0 Å². The van der Waals surface area contributed by atoms with E-state index in [-0.39, 0.29) is 56.2 Å². The number of rotatable bonds is 0. The van der Waals surface area contributed by atoms with Gasteiger partial charge < -0.3 is 43.8 Å². The van der Waals surface area contributed by atoms with E-state index < -0.39 is 0 Å². The Labute approximate surface area is 57.4 Å². The smallest absolute Gasteiger partial charge is 0.147 e. The van der Waals surface area contributed by atoms with E-state index in [1.54, 1.807) is 0 Å². The third kappa shape index (κ3) is 316000. The molecule has 9 heteroatoms. The summed E-state index contributed by atoms with van der Waals surface area (Å²) >= 11 is 0. The first-order valence-electron chi connectivity index (χ1n) is 0. The van der Waals surface area contributed by atoms with Gasteiger partial charge in [-0.3, -0.25) is 0 Å². The predicted octanol–water partition coefficient (Wildman–Crippen LogP) is -6.18. The molecule has 16 N–H and O–H groups in total. The minimum Gasteiger partial charge on any atom is -0.412 e. The van der Waals surface area contributed by atoms with E-state index in [2.05, 4.69) is 0 Å². The molecule has 0 radical (unpaired) electrons. The molecule has 0 saturated heterocycles. The third-order valence-corrected chi connectivity index (χ3v) is 0. The van der Waals surface area contributed by atoms with E-state index in [4.69, 9.17) is 0 Å². The highest BCUT2D eigenvalue weighted by Crippen LogP contribution is 0.690. The molecular formula is H17ClO8. The Morgan fingerprint density at radius 1 is 0.222 bits per heavy atom. The average Bonchev–Trinajstić information content (AvgIpc) is 0. The monoisotopic (exact) mass is 180 g/mol. The Balaban J connectivity index is 0. The van der Waals surface area contributed by atoms with Crippen LogP contribution in [0.2, 0.25) is 0 Å². The summed E-state index contributed by atoms with van der Waals surface area (Å²) in [5.74, 6) is 0. The van der Waals surface area contributed by atoms with Crippen LogP contribution in [0.15, 0.2) is 0 Å². The topological polar surface area (TPSA) is 252 Å². The molecule has 0 fully saturated rings. The number of hydrogen-bond donors (Lipinski definition) is 0. The average molecular weight is 181 g/mol. The second kappa shape index (κ2) is 430000. The molecule has 9 heavy (non-hydrogen) atoms. The molecule has 0 aromatic rings. The van der Waals surface area contributed by atoms with Crippen molar-refractivity contribution in [3.05, 3.63) is 0 Å². The minimum absolute atomic E-state index is 0. The molecule has 8 nitrogen and oxygen atoms in total. The fraction of sp³-hybridized carbons (Fsp3) is 0. The largest absolute Gasteiger partial charge is 0.412 e. The zero-order valence-electron chi connectivity index (χ0n) is 4.41. The highest BCUT2D eigenvalue weighted by molar-refractivity contribution is 5.85. The van der Waals surface area contributed by atoms with Gasteiger partial charge in [-0.05, 0) is 0 Å². The summed E-state index contributed by atoms with van der Waals surface area (Å²) in [6.45, 7) is 0. The van der Waals surface area contributed by atoms with Gasteiger partial charge in [-0.2, -0.15) is 0 Å². The summed E-state index contributed by atoms with van der Waals surface area (Å²) in [6, 6.07) is 0. The highest BCUT2D eigenvalue weighted by Gasteiger charge is -0.147. The van der Waals surface area contributed by atoms with Gasteiger partial charge in [0.15, 0.2) is 0 Å². The van der Waals surface area contributed by atoms with Crippen LogP contribution in [0.5, 0.6) is 0 Å². The normalized spacial score (nSPS) is 0. The van der Waals surface area contributed by atoms with Crippen LogP contribution >= 0.6 is 12.4 Å². The number of halogens is 1. The van der Waals surface area contributed by atoms with E-state index in [9.17, 15) is 0 Å². The van der Waals surface area contributed by atoms with Crippen LogP contribution in [0.25, 0.3) is 0 Å². The van der Waals surface area contributed by atoms with Crippen molar-refractivity contribution < 1.29 is 43.8 Å². The van der Waals surface area contributed by atoms with E-state index in [1.807, 2.05) is 0 Å². The van der Waals surface area contributed by atoms with Gasteiger partial charge in [-0.1, -0.05) is 0 Å². The van der Waals surface area contributed by atoms with Crippen molar-refractivity contribution in [3.8, 4) is 0 Å². The van der Waals surface area contributed by atoms with Crippen molar-refractivity contribution in [1.82, 2.24) is 0 Å². The zero-order valence-corrected chi connectivity index (χ0v) is 5.22. The first-order valence-corrected chi connectivity index (χ1v) is 0. The standard InChI is InChI=1S/ClH.8H2O/h1H;8*1H2. The van der Waals surface area contributed by atoms with Gasteiger partial charge in [0.25, 0.3) is 0 Å². The molecule has 0 bridgehead atoms. The van der Waals surface area contributed by atoms with Crippen molar-refractivity contribution in [3.63, 3.8) is 0 Å². The van der Waals surface area contributed by atoms with Gasteiger partial charge in [0.1, 0.15) is 0 Å². The van der Waals surface area contributed by atoms with Crippen molar-refractivity contribution >= 4 is 12.4 Å². The van der Waals surface area contributed by atoms with Gasteiger partial charge in [0.05, 0.1) is 0 Å². The van der Waals surface area contributed by atoms with E-state index in [0.29, 0.717) is 0 Å². The first kappa shape index (κ1) is 633000. The summed E-state index contributed by atoms with van der Waals surface area (Å²) in [5.41, 5.74) is 0. The Hall–Kier alpha value is -0.0300. The molecule has 0 spiro atoms. The molecule has 0 aromatic heterocycles. The molecule has 0 saturated carbocycles. The van der Waals surface area contributed by atoms with Gasteiger partial charge in [-0.15, -0.1) is 12.4 Å². The van der Waals surface area contributed by atoms with Crippen LogP contribution in [-0.4, -0.2) is 43.8 Å². The lowest BCUT2D eigenvalue weighted by Crippen LogP contribution is -0.290. The molecule has 0 rings (SSSR count). The first-order chi connectivity index (χ1) is 0. The van der Waals surface area contributed by atoms with Crippen LogP contribution in [0.4, 0.5) is 0 Å². The third-order valence-electron chi connectivity index (χ3n) is 0. The fourth-order valence-electron chi connectivity index (χ4n) is 0. The SMILES string of the molecule is Cl.O.O.O.O.O.O.O.O. The molecule has 0 aromatic carbocycles. The minimum atomic E-state index is 0. The Morgan fingerprint density at radius 3 is 0.222 bits per heavy atom. The van der Waals surface area contributed by atoms with E-state index >= 15 is 0 Å². The maximum absolute atomic E-state index is 0. The van der Waals surface area contributed by atoms with Gasteiger partial charge in [0, 0.05) is 0 Å². The van der Waals surface area contributed by atoms with Crippen molar-refractivity contribution in [2.45, 2.75) is 0 Å². The summed E-state index contributed by atoms with van der Waals surface area (Å²) in [7, 11) is 0. The molecular weight excluding hydrogens is 163 g/mol. The van der Waals surface area contributed by atoms with Crippen LogP contribution in [0.1, 0.15) is 0 Å². The summed E-state index contributed by atoms with van der Waals surface area (Å²) in [6.07, 6.45) is 0. The van der Waals surface area contributed by atoms with Crippen molar-refractivity contribution in [2.24, 2.45) is 0 Å². The molecule has 0 heterocycles. The summed E-state index contributed by atoms with van der Waals surface area (Å²) < 4.78 is 0. The van der Waals surface area contributed by atoms with Crippen LogP contribution in [0, 0.1) is 0 Å². The molecule has 72 valence electrons. The lowest BCUT2D eigenvalue weighted by atomic mass is 16.0. The molecule has 0 aliphatic rings. The van der Waals surface area contributed by atoms with Crippen molar-refractivity contribution in [1.29, 1.82) is 0 Å². The summed E-state index contributed by atoms with van der Waals surface area (Å²) in [5, 5.41) is 0. The lowest BCUT2D eigenvalue weighted by Gasteiger charge is -0.413. The maximum atomic E-state index is 0. The fourth-order valence-corrected chi connectivity index (χ4v) is 0. The van der Waals surface area contributed by atoms with Crippen LogP contribution in [0.3, 0.4) is 0 Å². The zero-order chi connectivity index (χ0) is 0. The molecule has 0 aliphatic carbocycles. The van der Waals surface area contributed by atoms with Crippen LogP contribution in [-0.2, 0) is 0 Å². The second-order valence-corrected chi connectivity index (χ2v) is 0. The quantitative estimate of drug-likeness (QED) is 0.337. The molecule has 0 aliphatic heterocycles. The van der Waals surface area contributed by atoms with E-state index in [0.717, 1.165) is 0 Å². The van der Waals surface area contributed by atoms with E-state index in [1.165, 1.54) is 0 Å². The highest BCUT2D eigenvalue weighted by atomic mass is 35.5. The molecule has 0 unspecified atom stereocenters. The molecule has 0 atom stereocenters. The molecule has 0 amide bonds. The Morgan fingerprint density at radius 2 is 0.222 bits per heavy atom. The maximum Gasteiger partial charge on any atom is -0.147 e. The number of hydrogen-bond acceptors (Lipinski definition) is 0. The van der Waals surface area contributed by atoms with Crippen LogP contribution < -0.4 is 0 Å². The van der Waals surface area contributed by atoms with Crippen molar-refractivity contribution in [2.75, 3.05) is 0 Å². The Bertz CT molecular complexity index is 4.53. The van der Waals surface area contributed by atoms with Gasteiger partial charge >= 0.3 is 0 Å². The lowest BCUT2D eigenvalue weighted by molar-refractivity contribution is 0.823. The predicted molar refractivity (Wildman–Crippen MR) is 36.2 cm³/mol. The Kier molecular flexibility index (Phi) is 30300000000.